The summed E-state index contributed by atoms with van der Waals surface area (Å²) in [6.45, 7) is 6.35. The minimum Gasteiger partial charge on any atom is -0.326 e. The van der Waals surface area contributed by atoms with E-state index in [0.717, 1.165) is 11.3 Å². The van der Waals surface area contributed by atoms with E-state index in [9.17, 15) is 8.42 Å². The van der Waals surface area contributed by atoms with Crippen molar-refractivity contribution in [1.82, 2.24) is 4.72 Å². The number of nitrogens with one attached hydrogen (secondary N) is 1. The normalized spacial score (nSPS) is 15.8. The molecule has 0 aromatic carbocycles. The van der Waals surface area contributed by atoms with Crippen molar-refractivity contribution < 1.29 is 8.42 Å². The Labute approximate surface area is 107 Å². The van der Waals surface area contributed by atoms with Gasteiger partial charge in [-0.3, -0.25) is 0 Å². The minimum atomic E-state index is -3.40. The van der Waals surface area contributed by atoms with Crippen LogP contribution in [0.15, 0.2) is 16.3 Å². The zero-order valence-corrected chi connectivity index (χ0v) is 12.1. The average molecular weight is 276 g/mol. The summed E-state index contributed by atoms with van der Waals surface area (Å²) in [5, 5.41) is 1.63. The average Bonchev–Trinajstić information content (AvgIpc) is 2.76. The summed E-state index contributed by atoms with van der Waals surface area (Å²) >= 11 is 1.37. The quantitative estimate of drug-likeness (QED) is 0.834. The molecule has 0 amide bonds. The molecule has 0 saturated carbocycles. The molecule has 1 aromatic rings. The third-order valence-electron chi connectivity index (χ3n) is 2.98. The summed E-state index contributed by atoms with van der Waals surface area (Å²) in [6, 6.07) is 1.57. The van der Waals surface area contributed by atoms with Gasteiger partial charge in [0.1, 0.15) is 0 Å². The topological polar surface area (TPSA) is 72.2 Å². The van der Waals surface area contributed by atoms with Gasteiger partial charge in [0.25, 0.3) is 0 Å². The molecular weight excluding hydrogens is 256 g/mol. The first-order valence-electron chi connectivity index (χ1n) is 5.70. The molecule has 0 aliphatic heterocycles. The largest absolute Gasteiger partial charge is 0.326 e. The van der Waals surface area contributed by atoms with Gasteiger partial charge < -0.3 is 5.73 Å². The fourth-order valence-electron chi connectivity index (χ4n) is 1.39. The summed E-state index contributed by atoms with van der Waals surface area (Å²) < 4.78 is 26.8. The van der Waals surface area contributed by atoms with Crippen LogP contribution in [0.25, 0.3) is 0 Å². The van der Waals surface area contributed by atoms with E-state index in [0.29, 0.717) is 17.4 Å². The van der Waals surface area contributed by atoms with Crippen LogP contribution >= 0.6 is 11.3 Å². The van der Waals surface area contributed by atoms with Gasteiger partial charge in [-0.15, -0.1) is 11.3 Å². The molecule has 4 nitrogen and oxygen atoms in total. The second-order valence-corrected chi connectivity index (χ2v) is 6.96. The predicted octanol–water partition coefficient (Wildman–Crippen LogP) is 1.92. The van der Waals surface area contributed by atoms with Crippen molar-refractivity contribution in [3.63, 3.8) is 0 Å². The SMILES string of the molecule is CCC(C)C(C)NS(=O)(=O)c1csc(CN)c1. The maximum absolute atomic E-state index is 12.0. The molecule has 0 spiro atoms. The first-order chi connectivity index (χ1) is 7.90. The molecule has 0 radical (unpaired) electrons. The molecule has 6 heteroatoms. The number of thiophene rings is 1. The highest BCUT2D eigenvalue weighted by Crippen LogP contribution is 2.20. The van der Waals surface area contributed by atoms with Crippen molar-refractivity contribution in [2.45, 2.75) is 44.7 Å². The Bertz CT molecular complexity index is 454. The lowest BCUT2D eigenvalue weighted by atomic mass is 10.0. The second kappa shape index (κ2) is 5.95. The maximum atomic E-state index is 12.0. The summed E-state index contributed by atoms with van der Waals surface area (Å²) in [5.74, 6) is 0.317. The van der Waals surface area contributed by atoms with Gasteiger partial charge >= 0.3 is 0 Å². The van der Waals surface area contributed by atoms with Crippen LogP contribution in [0.3, 0.4) is 0 Å². The molecular formula is C11H20N2O2S2. The predicted molar refractivity (Wildman–Crippen MR) is 71.4 cm³/mol. The third-order valence-corrected chi connectivity index (χ3v) is 5.63. The highest BCUT2D eigenvalue weighted by Gasteiger charge is 2.21. The van der Waals surface area contributed by atoms with Gasteiger partial charge in [-0.2, -0.15) is 0 Å². The molecule has 2 unspecified atom stereocenters. The van der Waals surface area contributed by atoms with Crippen LogP contribution in [0, 0.1) is 5.92 Å². The Morgan fingerprint density at radius 2 is 2.12 bits per heavy atom. The fraction of sp³-hybridized carbons (Fsp3) is 0.636. The van der Waals surface area contributed by atoms with Crippen molar-refractivity contribution in [2.24, 2.45) is 11.7 Å². The molecule has 0 bridgehead atoms. The van der Waals surface area contributed by atoms with Crippen LogP contribution in [0.1, 0.15) is 32.1 Å². The van der Waals surface area contributed by atoms with Gasteiger partial charge in [-0.05, 0) is 18.9 Å². The monoisotopic (exact) mass is 276 g/mol. The van der Waals surface area contributed by atoms with E-state index in [1.807, 2.05) is 20.8 Å². The molecule has 1 rings (SSSR count). The number of sulfonamides is 1. The molecule has 0 saturated heterocycles. The Hall–Kier alpha value is -0.430. The Morgan fingerprint density at radius 3 is 2.59 bits per heavy atom. The fourth-order valence-corrected chi connectivity index (χ4v) is 3.90. The minimum absolute atomic E-state index is 0.0637. The first-order valence-corrected chi connectivity index (χ1v) is 8.06. The summed E-state index contributed by atoms with van der Waals surface area (Å²) in [4.78, 5) is 1.19. The van der Waals surface area contributed by atoms with E-state index in [1.54, 1.807) is 11.4 Å². The second-order valence-electron chi connectivity index (χ2n) is 4.25. The van der Waals surface area contributed by atoms with Crippen LogP contribution in [0.2, 0.25) is 0 Å². The van der Waals surface area contributed by atoms with Crippen molar-refractivity contribution >= 4 is 21.4 Å². The summed E-state index contributed by atoms with van der Waals surface area (Å²) in [7, 11) is -3.40. The van der Waals surface area contributed by atoms with Crippen LogP contribution < -0.4 is 10.5 Å². The van der Waals surface area contributed by atoms with Gasteiger partial charge in [-0.1, -0.05) is 20.3 Å². The highest BCUT2D eigenvalue weighted by molar-refractivity contribution is 7.89. The third kappa shape index (κ3) is 3.77. The van der Waals surface area contributed by atoms with Crippen molar-refractivity contribution in [3.05, 3.63) is 16.3 Å². The lowest BCUT2D eigenvalue weighted by molar-refractivity contribution is 0.434. The highest BCUT2D eigenvalue weighted by atomic mass is 32.2. The van der Waals surface area contributed by atoms with Crippen molar-refractivity contribution in [2.75, 3.05) is 0 Å². The molecule has 0 fully saturated rings. The lowest BCUT2D eigenvalue weighted by Gasteiger charge is -2.19. The molecule has 0 aliphatic carbocycles. The number of rotatable bonds is 6. The Morgan fingerprint density at radius 1 is 1.47 bits per heavy atom. The lowest BCUT2D eigenvalue weighted by Crippen LogP contribution is -2.36. The van der Waals surface area contributed by atoms with Gasteiger partial charge in [0.2, 0.25) is 10.0 Å². The van der Waals surface area contributed by atoms with E-state index in [2.05, 4.69) is 4.72 Å². The number of hydrogen-bond donors (Lipinski definition) is 2. The summed E-state index contributed by atoms with van der Waals surface area (Å²) in [5.41, 5.74) is 5.47. The standard InChI is InChI=1S/C11H20N2O2S2/c1-4-8(2)9(3)13-17(14,15)11-5-10(6-12)16-7-11/h5,7-9,13H,4,6,12H2,1-3H3. The van der Waals surface area contributed by atoms with Crippen molar-refractivity contribution in [1.29, 1.82) is 0 Å². The van der Waals surface area contributed by atoms with Crippen LogP contribution in [0.4, 0.5) is 0 Å². The molecule has 98 valence electrons. The summed E-state index contributed by atoms with van der Waals surface area (Å²) in [6.07, 6.45) is 0.946. The van der Waals surface area contributed by atoms with Gasteiger partial charge in [-0.25, -0.2) is 13.1 Å². The van der Waals surface area contributed by atoms with E-state index >= 15 is 0 Å². The first kappa shape index (κ1) is 14.6. The van der Waals surface area contributed by atoms with Crippen LogP contribution in [-0.4, -0.2) is 14.5 Å². The molecule has 3 N–H and O–H groups in total. The molecule has 17 heavy (non-hydrogen) atoms. The molecule has 1 heterocycles. The zero-order chi connectivity index (χ0) is 13.1. The maximum Gasteiger partial charge on any atom is 0.241 e. The molecule has 0 aliphatic rings. The van der Waals surface area contributed by atoms with Gasteiger partial charge in [0, 0.05) is 22.8 Å². The van der Waals surface area contributed by atoms with E-state index in [4.69, 9.17) is 5.73 Å². The molecule has 2 atom stereocenters. The van der Waals surface area contributed by atoms with E-state index in [1.165, 1.54) is 11.3 Å². The van der Waals surface area contributed by atoms with Crippen LogP contribution in [0.5, 0.6) is 0 Å². The number of hydrogen-bond acceptors (Lipinski definition) is 4. The van der Waals surface area contributed by atoms with E-state index in [-0.39, 0.29) is 6.04 Å². The smallest absolute Gasteiger partial charge is 0.241 e. The van der Waals surface area contributed by atoms with Crippen molar-refractivity contribution in [3.8, 4) is 0 Å². The van der Waals surface area contributed by atoms with Gasteiger partial charge in [0.15, 0.2) is 0 Å². The Kier molecular flexibility index (Phi) is 5.12. The zero-order valence-electron chi connectivity index (χ0n) is 10.4. The van der Waals surface area contributed by atoms with Gasteiger partial charge in [0.05, 0.1) is 4.90 Å². The van der Waals surface area contributed by atoms with E-state index < -0.39 is 10.0 Å². The Balaban J connectivity index is 2.81. The number of nitrogens with two attached hydrogens (primary N) is 1. The van der Waals surface area contributed by atoms with Crippen LogP contribution in [-0.2, 0) is 16.6 Å². The molecule has 1 aromatic heterocycles.